The molecule has 0 N–H and O–H groups in total. The van der Waals surface area contributed by atoms with Crippen LogP contribution in [0.5, 0.6) is 0 Å². The molecular weight excluding hydrogens is 391 g/mol. The number of hydrogen-bond donors (Lipinski definition) is 0. The van der Waals surface area contributed by atoms with Crippen molar-refractivity contribution in [1.29, 1.82) is 0 Å². The first-order chi connectivity index (χ1) is 12.9. The van der Waals surface area contributed by atoms with E-state index >= 15 is 0 Å². The maximum Gasteiger partial charge on any atom is 0.246 e. The van der Waals surface area contributed by atoms with Gasteiger partial charge in [0.25, 0.3) is 0 Å². The van der Waals surface area contributed by atoms with Crippen molar-refractivity contribution in [3.63, 3.8) is 0 Å². The molecule has 0 radical (unpaired) electrons. The van der Waals surface area contributed by atoms with E-state index in [0.29, 0.717) is 5.02 Å². The molecule has 0 bridgehead atoms. The van der Waals surface area contributed by atoms with Crippen LogP contribution in [-0.4, -0.2) is 49.7 Å². The first-order valence-electron chi connectivity index (χ1n) is 8.35. The number of carbonyl (C=O) groups excluding carboxylic acids is 1. The summed E-state index contributed by atoms with van der Waals surface area (Å²) in [6.45, 7) is 0.843. The van der Waals surface area contributed by atoms with Gasteiger partial charge in [-0.1, -0.05) is 35.9 Å². The Hall–Kier alpha value is -2.22. The normalized spacial score (nSPS) is 16.0. The lowest BCUT2D eigenvalue weighted by molar-refractivity contribution is -0.127. The molecule has 1 aliphatic heterocycles. The Balaban J connectivity index is 1.63. The van der Waals surface area contributed by atoms with Crippen LogP contribution in [0.1, 0.15) is 5.56 Å². The summed E-state index contributed by atoms with van der Waals surface area (Å²) in [5, 5.41) is 0.549. The smallest absolute Gasteiger partial charge is 0.246 e. The molecule has 1 aliphatic rings. The Bertz CT molecular complexity index is 970. The Morgan fingerprint density at radius 2 is 1.74 bits per heavy atom. The minimum absolute atomic E-state index is 0.0825. The summed E-state index contributed by atoms with van der Waals surface area (Å²) in [6, 6.07) is 12.1. The molecule has 0 spiro atoms. The molecule has 1 amide bonds. The maximum absolute atomic E-state index is 13.3. The second kappa shape index (κ2) is 8.21. The number of halogens is 2. The summed E-state index contributed by atoms with van der Waals surface area (Å²) < 4.78 is 39.8. The van der Waals surface area contributed by atoms with Gasteiger partial charge in [-0.2, -0.15) is 4.31 Å². The van der Waals surface area contributed by atoms with Crippen molar-refractivity contribution in [2.75, 3.05) is 26.2 Å². The Kier molecular flexibility index (Phi) is 5.94. The van der Waals surface area contributed by atoms with Crippen molar-refractivity contribution < 1.29 is 17.6 Å². The summed E-state index contributed by atoms with van der Waals surface area (Å²) in [7, 11) is -3.77. The van der Waals surface area contributed by atoms with Crippen LogP contribution in [0, 0.1) is 5.82 Å². The second-order valence-corrected chi connectivity index (χ2v) is 8.39. The third-order valence-electron chi connectivity index (χ3n) is 4.29. The topological polar surface area (TPSA) is 57.7 Å². The number of sulfonamides is 1. The van der Waals surface area contributed by atoms with Gasteiger partial charge in [-0.25, -0.2) is 12.8 Å². The van der Waals surface area contributed by atoms with Gasteiger partial charge in [-0.3, -0.25) is 4.79 Å². The minimum Gasteiger partial charge on any atom is -0.337 e. The first-order valence-corrected chi connectivity index (χ1v) is 10.2. The van der Waals surface area contributed by atoms with Crippen LogP contribution >= 0.6 is 11.6 Å². The highest BCUT2D eigenvalue weighted by molar-refractivity contribution is 7.89. The van der Waals surface area contributed by atoms with E-state index in [1.165, 1.54) is 28.6 Å². The highest BCUT2D eigenvalue weighted by Gasteiger charge is 2.29. The highest BCUT2D eigenvalue weighted by atomic mass is 35.5. The van der Waals surface area contributed by atoms with Crippen molar-refractivity contribution in [3.05, 3.63) is 71.0 Å². The van der Waals surface area contributed by atoms with Crippen molar-refractivity contribution in [3.8, 4) is 0 Å². The van der Waals surface area contributed by atoms with Gasteiger partial charge in [-0.15, -0.1) is 0 Å². The van der Waals surface area contributed by atoms with Gasteiger partial charge in [-0.05, 0) is 35.9 Å². The second-order valence-electron chi connectivity index (χ2n) is 6.04. The molecule has 3 rings (SSSR count). The van der Waals surface area contributed by atoms with E-state index in [1.54, 1.807) is 29.2 Å². The Morgan fingerprint density at radius 3 is 2.41 bits per heavy atom. The SMILES string of the molecule is O=C(/C=C/c1ccccc1Cl)N1CCN(S(=O)(=O)c2cccc(F)c2)CC1. The van der Waals surface area contributed by atoms with E-state index in [1.807, 2.05) is 6.07 Å². The molecule has 0 aliphatic carbocycles. The van der Waals surface area contributed by atoms with Crippen LogP contribution in [0.2, 0.25) is 5.02 Å². The molecule has 0 atom stereocenters. The van der Waals surface area contributed by atoms with E-state index in [-0.39, 0.29) is 37.0 Å². The summed E-state index contributed by atoms with van der Waals surface area (Å²) in [6.07, 6.45) is 3.07. The van der Waals surface area contributed by atoms with Gasteiger partial charge in [0.05, 0.1) is 4.90 Å². The number of amides is 1. The van der Waals surface area contributed by atoms with Gasteiger partial charge in [0.1, 0.15) is 5.82 Å². The van der Waals surface area contributed by atoms with E-state index in [2.05, 4.69) is 0 Å². The van der Waals surface area contributed by atoms with Crippen molar-refractivity contribution in [2.45, 2.75) is 4.90 Å². The molecule has 2 aromatic rings. The van der Waals surface area contributed by atoms with Gasteiger partial charge in [0.2, 0.25) is 15.9 Å². The number of hydrogen-bond acceptors (Lipinski definition) is 3. The molecule has 0 unspecified atom stereocenters. The van der Waals surface area contributed by atoms with Crippen LogP contribution in [0.25, 0.3) is 6.08 Å². The quantitative estimate of drug-likeness (QED) is 0.731. The summed E-state index contributed by atoms with van der Waals surface area (Å²) >= 11 is 6.06. The number of rotatable bonds is 4. The van der Waals surface area contributed by atoms with Crippen molar-refractivity contribution in [2.24, 2.45) is 0 Å². The number of nitrogens with zero attached hydrogens (tertiary/aromatic N) is 2. The monoisotopic (exact) mass is 408 g/mol. The van der Waals surface area contributed by atoms with Crippen LogP contribution in [0.4, 0.5) is 4.39 Å². The zero-order valence-electron chi connectivity index (χ0n) is 14.4. The van der Waals surface area contributed by atoms with E-state index in [4.69, 9.17) is 11.6 Å². The molecule has 27 heavy (non-hydrogen) atoms. The average Bonchev–Trinajstić information content (AvgIpc) is 2.67. The predicted molar refractivity (Wildman–Crippen MR) is 102 cm³/mol. The lowest BCUT2D eigenvalue weighted by Gasteiger charge is -2.33. The molecule has 5 nitrogen and oxygen atoms in total. The third kappa shape index (κ3) is 4.55. The van der Waals surface area contributed by atoms with E-state index in [9.17, 15) is 17.6 Å². The molecule has 142 valence electrons. The standard InChI is InChI=1S/C19H18ClFN2O3S/c20-18-7-2-1-4-15(18)8-9-19(24)22-10-12-23(13-11-22)27(25,26)17-6-3-5-16(21)14-17/h1-9,14H,10-13H2/b9-8+. The summed E-state index contributed by atoms with van der Waals surface area (Å²) in [4.78, 5) is 13.8. The minimum atomic E-state index is -3.77. The van der Waals surface area contributed by atoms with Gasteiger partial charge < -0.3 is 4.90 Å². The number of benzene rings is 2. The van der Waals surface area contributed by atoms with E-state index in [0.717, 1.165) is 11.6 Å². The molecular formula is C19H18ClFN2O3S. The predicted octanol–water partition coefficient (Wildman–Crippen LogP) is 3.03. The molecule has 2 aromatic carbocycles. The number of piperazine rings is 1. The Morgan fingerprint density at radius 1 is 1.04 bits per heavy atom. The fraction of sp³-hybridized carbons (Fsp3) is 0.211. The van der Waals surface area contributed by atoms with Gasteiger partial charge >= 0.3 is 0 Å². The largest absolute Gasteiger partial charge is 0.337 e. The fourth-order valence-electron chi connectivity index (χ4n) is 2.80. The highest BCUT2D eigenvalue weighted by Crippen LogP contribution is 2.19. The van der Waals surface area contributed by atoms with Crippen LogP contribution in [0.15, 0.2) is 59.5 Å². The van der Waals surface area contributed by atoms with Crippen LogP contribution in [0.3, 0.4) is 0 Å². The Labute approximate surface area is 162 Å². The lowest BCUT2D eigenvalue weighted by atomic mass is 10.2. The molecule has 0 aromatic heterocycles. The molecule has 1 saturated heterocycles. The van der Waals surface area contributed by atoms with Crippen molar-refractivity contribution in [1.82, 2.24) is 9.21 Å². The summed E-state index contributed by atoms with van der Waals surface area (Å²) in [5.74, 6) is -0.813. The third-order valence-corrected chi connectivity index (χ3v) is 6.53. The first kappa shape index (κ1) is 19.5. The van der Waals surface area contributed by atoms with Crippen LogP contribution in [-0.2, 0) is 14.8 Å². The maximum atomic E-state index is 13.3. The van der Waals surface area contributed by atoms with Gasteiger partial charge in [0.15, 0.2) is 0 Å². The fourth-order valence-corrected chi connectivity index (χ4v) is 4.46. The van der Waals surface area contributed by atoms with Gasteiger partial charge in [0, 0.05) is 37.3 Å². The molecule has 1 fully saturated rings. The van der Waals surface area contributed by atoms with Crippen LogP contribution < -0.4 is 0 Å². The number of carbonyl (C=O) groups is 1. The van der Waals surface area contributed by atoms with Crippen molar-refractivity contribution >= 4 is 33.6 Å². The molecule has 1 heterocycles. The average molecular weight is 409 g/mol. The van der Waals surface area contributed by atoms with E-state index < -0.39 is 15.8 Å². The lowest BCUT2D eigenvalue weighted by Crippen LogP contribution is -2.50. The molecule has 8 heteroatoms. The zero-order chi connectivity index (χ0) is 19.4. The molecule has 0 saturated carbocycles. The summed E-state index contributed by atoms with van der Waals surface area (Å²) in [5.41, 5.74) is 0.736. The zero-order valence-corrected chi connectivity index (χ0v) is 16.0.